The quantitative estimate of drug-likeness (QED) is 0.451. The first-order valence-electron chi connectivity index (χ1n) is 8.99. The molecule has 0 aliphatic carbocycles. The van der Waals surface area contributed by atoms with Gasteiger partial charge in [-0.1, -0.05) is 58.9 Å². The monoisotopic (exact) mass is 334 g/mol. The number of carbonyl (C=O) groups is 2. The van der Waals surface area contributed by atoms with E-state index in [1.807, 2.05) is 6.92 Å². The molecule has 4 nitrogen and oxygen atoms in total. The summed E-state index contributed by atoms with van der Waals surface area (Å²) < 4.78 is 5.23. The highest BCUT2D eigenvalue weighted by atomic mass is 16.5. The van der Waals surface area contributed by atoms with Crippen molar-refractivity contribution in [1.29, 1.82) is 0 Å². The first-order valence-corrected chi connectivity index (χ1v) is 8.99. The van der Waals surface area contributed by atoms with Gasteiger partial charge in [0.15, 0.2) is 0 Å². The molecule has 0 aliphatic rings. The molecule has 0 aromatic heterocycles. The molecule has 1 aromatic rings. The van der Waals surface area contributed by atoms with E-state index in [9.17, 15) is 14.7 Å². The van der Waals surface area contributed by atoms with E-state index in [-0.39, 0.29) is 11.1 Å². The summed E-state index contributed by atoms with van der Waals surface area (Å²) in [4.78, 5) is 23.4. The normalized spacial score (nSPS) is 10.8. The number of rotatable bonds is 11. The van der Waals surface area contributed by atoms with Crippen molar-refractivity contribution in [3.63, 3.8) is 0 Å². The Hall–Kier alpha value is -1.84. The minimum atomic E-state index is -1.09. The summed E-state index contributed by atoms with van der Waals surface area (Å²) in [6.45, 7) is 6.76. The van der Waals surface area contributed by atoms with Crippen LogP contribution in [0.25, 0.3) is 0 Å². The average Bonchev–Trinajstić information content (AvgIpc) is 2.56. The van der Waals surface area contributed by atoms with Crippen LogP contribution in [-0.2, 0) is 11.2 Å². The van der Waals surface area contributed by atoms with Crippen LogP contribution in [0.3, 0.4) is 0 Å². The van der Waals surface area contributed by atoms with Crippen LogP contribution in [0.1, 0.15) is 85.6 Å². The first kappa shape index (κ1) is 20.2. The molecule has 1 rings (SSSR count). The van der Waals surface area contributed by atoms with Crippen molar-refractivity contribution in [3.05, 3.63) is 34.9 Å². The van der Waals surface area contributed by atoms with Gasteiger partial charge < -0.3 is 9.84 Å². The van der Waals surface area contributed by atoms with Gasteiger partial charge in [-0.2, -0.15) is 0 Å². The predicted octanol–water partition coefficient (Wildman–Crippen LogP) is 5.10. The Morgan fingerprint density at radius 1 is 1.04 bits per heavy atom. The zero-order valence-electron chi connectivity index (χ0n) is 15.1. The molecule has 24 heavy (non-hydrogen) atoms. The lowest BCUT2D eigenvalue weighted by Crippen LogP contribution is -2.13. The maximum Gasteiger partial charge on any atom is 0.339 e. The van der Waals surface area contributed by atoms with Gasteiger partial charge in [-0.25, -0.2) is 9.59 Å². The van der Waals surface area contributed by atoms with Gasteiger partial charge in [0, 0.05) is 0 Å². The molecule has 1 N–H and O–H groups in total. The van der Waals surface area contributed by atoms with E-state index in [1.165, 1.54) is 19.3 Å². The van der Waals surface area contributed by atoms with E-state index in [2.05, 4.69) is 13.8 Å². The summed E-state index contributed by atoms with van der Waals surface area (Å²) >= 11 is 0. The van der Waals surface area contributed by atoms with Crippen LogP contribution >= 0.6 is 0 Å². The van der Waals surface area contributed by atoms with E-state index in [4.69, 9.17) is 4.74 Å². The summed E-state index contributed by atoms with van der Waals surface area (Å²) in [7, 11) is 0. The minimum absolute atomic E-state index is 0.0213. The SMILES string of the molecule is CCc1ccc(C(=O)OCCCCCCCC(C)C)c(C(=O)O)c1. The zero-order valence-corrected chi connectivity index (χ0v) is 15.1. The number of ether oxygens (including phenoxy) is 1. The molecule has 0 bridgehead atoms. The average molecular weight is 334 g/mol. The number of unbranched alkanes of at least 4 members (excludes halogenated alkanes) is 4. The fraction of sp³-hybridized carbons (Fsp3) is 0.600. The van der Waals surface area contributed by atoms with Gasteiger partial charge in [0.1, 0.15) is 0 Å². The molecule has 0 unspecified atom stereocenters. The van der Waals surface area contributed by atoms with Crippen LogP contribution in [0.15, 0.2) is 18.2 Å². The summed E-state index contributed by atoms with van der Waals surface area (Å²) in [5.41, 5.74) is 1.05. The van der Waals surface area contributed by atoms with Crippen LogP contribution in [0.4, 0.5) is 0 Å². The number of benzene rings is 1. The van der Waals surface area contributed by atoms with Crippen molar-refractivity contribution in [2.75, 3.05) is 6.61 Å². The predicted molar refractivity (Wildman–Crippen MR) is 95.6 cm³/mol. The van der Waals surface area contributed by atoms with E-state index in [0.717, 1.165) is 37.2 Å². The van der Waals surface area contributed by atoms with Crippen LogP contribution in [0.5, 0.6) is 0 Å². The third-order valence-electron chi connectivity index (χ3n) is 4.10. The summed E-state index contributed by atoms with van der Waals surface area (Å²) in [6.07, 6.45) is 7.47. The van der Waals surface area contributed by atoms with E-state index in [1.54, 1.807) is 18.2 Å². The molecule has 0 saturated carbocycles. The molecule has 1 aromatic carbocycles. The van der Waals surface area contributed by atoms with Gasteiger partial charge in [-0.05, 0) is 36.5 Å². The van der Waals surface area contributed by atoms with E-state index >= 15 is 0 Å². The molecule has 0 aliphatic heterocycles. The van der Waals surface area contributed by atoms with Crippen LogP contribution in [0.2, 0.25) is 0 Å². The van der Waals surface area contributed by atoms with Crippen molar-refractivity contribution in [1.82, 2.24) is 0 Å². The molecule has 0 spiro atoms. The number of aromatic carboxylic acids is 1. The van der Waals surface area contributed by atoms with Crippen molar-refractivity contribution in [2.45, 2.75) is 65.7 Å². The highest BCUT2D eigenvalue weighted by Crippen LogP contribution is 2.15. The molecule has 0 radical (unpaired) electrons. The Kier molecular flexibility index (Phi) is 9.13. The highest BCUT2D eigenvalue weighted by molar-refractivity contribution is 6.02. The first-order chi connectivity index (χ1) is 11.5. The van der Waals surface area contributed by atoms with Crippen LogP contribution in [-0.4, -0.2) is 23.7 Å². The molecule has 0 saturated heterocycles. The molecule has 4 heteroatoms. The van der Waals surface area contributed by atoms with Gasteiger partial charge in [-0.3, -0.25) is 0 Å². The van der Waals surface area contributed by atoms with Crippen LogP contribution < -0.4 is 0 Å². The second-order valence-electron chi connectivity index (χ2n) is 6.62. The van der Waals surface area contributed by atoms with Crippen molar-refractivity contribution in [2.24, 2.45) is 5.92 Å². The fourth-order valence-corrected chi connectivity index (χ4v) is 2.59. The molecular weight excluding hydrogens is 304 g/mol. The van der Waals surface area contributed by atoms with Gasteiger partial charge in [0.2, 0.25) is 0 Å². The minimum Gasteiger partial charge on any atom is -0.478 e. The molecule has 0 amide bonds. The van der Waals surface area contributed by atoms with E-state index in [0.29, 0.717) is 6.61 Å². The molecule has 0 fully saturated rings. The number of carboxylic acids is 1. The third kappa shape index (κ3) is 7.16. The number of carboxylic acid groups (broad SMARTS) is 1. The standard InChI is InChI=1S/C20H30O4/c1-4-16-11-12-17(18(14-16)19(21)22)20(23)24-13-9-7-5-6-8-10-15(2)3/h11-12,14-15H,4-10,13H2,1-3H3,(H,21,22). The maximum atomic E-state index is 12.1. The molecule has 0 atom stereocenters. The van der Waals surface area contributed by atoms with Gasteiger partial charge in [-0.15, -0.1) is 0 Å². The smallest absolute Gasteiger partial charge is 0.339 e. The Morgan fingerprint density at radius 2 is 1.71 bits per heavy atom. The zero-order chi connectivity index (χ0) is 17.9. The maximum absolute atomic E-state index is 12.1. The highest BCUT2D eigenvalue weighted by Gasteiger charge is 2.18. The Bertz CT molecular complexity index is 534. The van der Waals surface area contributed by atoms with Gasteiger partial charge in [0.05, 0.1) is 17.7 Å². The van der Waals surface area contributed by atoms with Gasteiger partial charge >= 0.3 is 11.9 Å². The summed E-state index contributed by atoms with van der Waals surface area (Å²) in [6, 6.07) is 4.88. The lowest BCUT2D eigenvalue weighted by Gasteiger charge is -2.09. The van der Waals surface area contributed by atoms with Crippen molar-refractivity contribution < 1.29 is 19.4 Å². The second-order valence-corrected chi connectivity index (χ2v) is 6.62. The summed E-state index contributed by atoms with van der Waals surface area (Å²) in [5.74, 6) is -0.884. The molecule has 134 valence electrons. The number of carbonyl (C=O) groups excluding carboxylic acids is 1. The lowest BCUT2D eigenvalue weighted by molar-refractivity contribution is 0.0487. The fourth-order valence-electron chi connectivity index (χ4n) is 2.59. The Balaban J connectivity index is 2.37. The van der Waals surface area contributed by atoms with Crippen LogP contribution in [0, 0.1) is 5.92 Å². The molecule has 0 heterocycles. The number of hydrogen-bond acceptors (Lipinski definition) is 3. The van der Waals surface area contributed by atoms with Gasteiger partial charge in [0.25, 0.3) is 0 Å². The second kappa shape index (κ2) is 10.8. The van der Waals surface area contributed by atoms with Crippen molar-refractivity contribution in [3.8, 4) is 0 Å². The molecular formula is C20H30O4. The topological polar surface area (TPSA) is 63.6 Å². The van der Waals surface area contributed by atoms with E-state index < -0.39 is 11.9 Å². The number of aryl methyl sites for hydroxylation is 1. The Labute approximate surface area is 145 Å². The third-order valence-corrected chi connectivity index (χ3v) is 4.10. The summed E-state index contributed by atoms with van der Waals surface area (Å²) in [5, 5.41) is 9.26. The number of esters is 1. The number of hydrogen-bond donors (Lipinski definition) is 1. The Morgan fingerprint density at radius 3 is 2.33 bits per heavy atom. The lowest BCUT2D eigenvalue weighted by atomic mass is 10.0. The van der Waals surface area contributed by atoms with Crippen molar-refractivity contribution >= 4 is 11.9 Å². The largest absolute Gasteiger partial charge is 0.478 e.